The predicted octanol–water partition coefficient (Wildman–Crippen LogP) is 7.36. The molecule has 1 unspecified atom stereocenters. The Morgan fingerprint density at radius 2 is 0.957 bits per heavy atom. The normalized spacial score (nSPS) is 12.1. The molecule has 0 aromatic heterocycles. The number of hydrogen-bond acceptors (Lipinski definition) is 2. The number of unbranched alkanes of at least 4 members (excludes halogenated alkanes) is 13. The van der Waals surface area contributed by atoms with Crippen molar-refractivity contribution in [2.75, 3.05) is 0 Å². The van der Waals surface area contributed by atoms with Gasteiger partial charge in [-0.25, -0.2) is 9.79 Å². The van der Waals surface area contributed by atoms with E-state index in [-0.39, 0.29) is 6.04 Å². The van der Waals surface area contributed by atoms with Crippen molar-refractivity contribution in [2.24, 2.45) is 4.99 Å². The maximum atomic E-state index is 10.6. The first-order valence-electron chi connectivity index (χ1n) is 10.4. The van der Waals surface area contributed by atoms with Crippen LogP contribution in [0.2, 0.25) is 0 Å². The Labute approximate surface area is 145 Å². The summed E-state index contributed by atoms with van der Waals surface area (Å²) in [5.74, 6) is 0. The number of carbonyl (C=O) groups excluding carboxylic acids is 1. The van der Waals surface area contributed by atoms with Crippen LogP contribution in [-0.4, -0.2) is 12.1 Å². The number of aliphatic imine (C=N–C) groups is 1. The molecule has 0 fully saturated rings. The highest BCUT2D eigenvalue weighted by atomic mass is 16.1. The minimum absolute atomic E-state index is 0.239. The van der Waals surface area contributed by atoms with Gasteiger partial charge in [0.15, 0.2) is 0 Å². The molecule has 0 aromatic rings. The topological polar surface area (TPSA) is 29.4 Å². The zero-order valence-corrected chi connectivity index (χ0v) is 16.0. The van der Waals surface area contributed by atoms with Crippen molar-refractivity contribution in [2.45, 2.75) is 129 Å². The summed E-state index contributed by atoms with van der Waals surface area (Å²) in [6, 6.07) is 0.239. The lowest BCUT2D eigenvalue weighted by molar-refractivity contribution is 0.477. The van der Waals surface area contributed by atoms with Crippen molar-refractivity contribution in [3.63, 3.8) is 0 Å². The zero-order valence-electron chi connectivity index (χ0n) is 16.0. The molecule has 0 aromatic carbocycles. The molecule has 0 saturated carbocycles. The van der Waals surface area contributed by atoms with Crippen LogP contribution in [0.15, 0.2) is 4.99 Å². The maximum Gasteiger partial charge on any atom is 0.235 e. The van der Waals surface area contributed by atoms with Crippen LogP contribution in [0.3, 0.4) is 0 Å². The van der Waals surface area contributed by atoms with Crippen molar-refractivity contribution in [1.82, 2.24) is 0 Å². The van der Waals surface area contributed by atoms with Gasteiger partial charge in [0.05, 0.1) is 6.04 Å². The van der Waals surface area contributed by atoms with E-state index in [0.29, 0.717) is 0 Å². The number of rotatable bonds is 18. The van der Waals surface area contributed by atoms with Gasteiger partial charge in [0.2, 0.25) is 6.08 Å². The zero-order chi connectivity index (χ0) is 17.0. The van der Waals surface area contributed by atoms with Crippen LogP contribution in [0, 0.1) is 0 Å². The third-order valence-electron chi connectivity index (χ3n) is 4.77. The van der Waals surface area contributed by atoms with Crippen molar-refractivity contribution in [3.05, 3.63) is 0 Å². The monoisotopic (exact) mass is 323 g/mol. The van der Waals surface area contributed by atoms with E-state index in [9.17, 15) is 4.79 Å². The molecule has 0 aliphatic rings. The Balaban J connectivity index is 3.49. The Bertz CT molecular complexity index is 271. The summed E-state index contributed by atoms with van der Waals surface area (Å²) < 4.78 is 0. The van der Waals surface area contributed by atoms with E-state index < -0.39 is 0 Å². The molecular weight excluding hydrogens is 282 g/mol. The fourth-order valence-electron chi connectivity index (χ4n) is 3.20. The highest BCUT2D eigenvalue weighted by Crippen LogP contribution is 2.16. The van der Waals surface area contributed by atoms with Crippen molar-refractivity contribution < 1.29 is 4.79 Å². The van der Waals surface area contributed by atoms with Crippen LogP contribution in [0.25, 0.3) is 0 Å². The van der Waals surface area contributed by atoms with Gasteiger partial charge in [0.25, 0.3) is 0 Å². The van der Waals surface area contributed by atoms with Gasteiger partial charge in [-0.3, -0.25) is 0 Å². The van der Waals surface area contributed by atoms with Gasteiger partial charge >= 0.3 is 0 Å². The molecule has 0 spiro atoms. The molecule has 2 nitrogen and oxygen atoms in total. The minimum Gasteiger partial charge on any atom is -0.211 e. The fourth-order valence-corrected chi connectivity index (χ4v) is 3.20. The van der Waals surface area contributed by atoms with Gasteiger partial charge in [-0.05, 0) is 12.8 Å². The predicted molar refractivity (Wildman–Crippen MR) is 102 cm³/mol. The summed E-state index contributed by atoms with van der Waals surface area (Å²) in [7, 11) is 0. The fraction of sp³-hybridized carbons (Fsp3) is 0.952. The Morgan fingerprint density at radius 1 is 0.609 bits per heavy atom. The summed E-state index contributed by atoms with van der Waals surface area (Å²) in [5.41, 5.74) is 0. The number of nitrogens with zero attached hydrogens (tertiary/aromatic N) is 1. The molecule has 0 amide bonds. The van der Waals surface area contributed by atoms with Gasteiger partial charge in [0, 0.05) is 0 Å². The molecule has 0 bridgehead atoms. The number of hydrogen-bond donors (Lipinski definition) is 0. The minimum atomic E-state index is 0.239. The average molecular weight is 324 g/mol. The van der Waals surface area contributed by atoms with Crippen LogP contribution < -0.4 is 0 Å². The quantitative estimate of drug-likeness (QED) is 0.147. The molecule has 0 radical (unpaired) electrons. The molecular formula is C21H41NO. The summed E-state index contributed by atoms with van der Waals surface area (Å²) >= 11 is 0. The van der Waals surface area contributed by atoms with Gasteiger partial charge in [-0.15, -0.1) is 0 Å². The lowest BCUT2D eigenvalue weighted by atomic mass is 10.0. The maximum absolute atomic E-state index is 10.6. The SMILES string of the molecule is CCCCCCCCCCC(CCCCCCCCC)N=C=O. The first kappa shape index (κ1) is 22.4. The summed E-state index contributed by atoms with van der Waals surface area (Å²) in [5, 5.41) is 0. The van der Waals surface area contributed by atoms with Crippen LogP contribution >= 0.6 is 0 Å². The van der Waals surface area contributed by atoms with E-state index in [1.807, 2.05) is 0 Å². The van der Waals surface area contributed by atoms with E-state index >= 15 is 0 Å². The van der Waals surface area contributed by atoms with Crippen molar-refractivity contribution in [1.29, 1.82) is 0 Å². The van der Waals surface area contributed by atoms with E-state index in [1.165, 1.54) is 96.3 Å². The van der Waals surface area contributed by atoms with Gasteiger partial charge < -0.3 is 0 Å². The summed E-state index contributed by atoms with van der Waals surface area (Å²) in [6.07, 6.45) is 24.0. The Hall–Kier alpha value is -0.620. The molecule has 0 saturated heterocycles. The lowest BCUT2D eigenvalue weighted by Crippen LogP contribution is -2.04. The first-order chi connectivity index (χ1) is 11.3. The molecule has 0 rings (SSSR count). The van der Waals surface area contributed by atoms with E-state index in [4.69, 9.17) is 0 Å². The third kappa shape index (κ3) is 17.6. The molecule has 23 heavy (non-hydrogen) atoms. The third-order valence-corrected chi connectivity index (χ3v) is 4.77. The smallest absolute Gasteiger partial charge is 0.211 e. The molecule has 1 atom stereocenters. The van der Waals surface area contributed by atoms with E-state index in [1.54, 1.807) is 6.08 Å². The van der Waals surface area contributed by atoms with Crippen molar-refractivity contribution in [3.8, 4) is 0 Å². The highest BCUT2D eigenvalue weighted by Gasteiger charge is 2.06. The van der Waals surface area contributed by atoms with Gasteiger partial charge in [-0.1, -0.05) is 110 Å². The van der Waals surface area contributed by atoms with Crippen LogP contribution in [0.1, 0.15) is 123 Å². The van der Waals surface area contributed by atoms with Crippen LogP contribution in [-0.2, 0) is 4.79 Å². The molecule has 0 aliphatic heterocycles. The van der Waals surface area contributed by atoms with Crippen LogP contribution in [0.5, 0.6) is 0 Å². The Morgan fingerprint density at radius 3 is 1.30 bits per heavy atom. The van der Waals surface area contributed by atoms with E-state index in [2.05, 4.69) is 18.8 Å². The summed E-state index contributed by atoms with van der Waals surface area (Å²) in [4.78, 5) is 14.6. The standard InChI is InChI=1S/C21H41NO/c1-3-5-7-9-11-13-15-17-19-21(22-20-23)18-16-14-12-10-8-6-4-2/h21H,3-19H2,1-2H3. The molecule has 0 N–H and O–H groups in total. The highest BCUT2D eigenvalue weighted by molar-refractivity contribution is 5.33. The first-order valence-corrected chi connectivity index (χ1v) is 10.4. The molecule has 136 valence electrons. The molecule has 2 heteroatoms. The second kappa shape index (κ2) is 19.4. The average Bonchev–Trinajstić information content (AvgIpc) is 2.56. The second-order valence-electron chi connectivity index (χ2n) is 7.05. The van der Waals surface area contributed by atoms with Crippen LogP contribution in [0.4, 0.5) is 0 Å². The van der Waals surface area contributed by atoms with Crippen molar-refractivity contribution >= 4 is 6.08 Å². The van der Waals surface area contributed by atoms with Gasteiger partial charge in [0.1, 0.15) is 0 Å². The second-order valence-corrected chi connectivity index (χ2v) is 7.05. The number of isocyanates is 1. The van der Waals surface area contributed by atoms with Gasteiger partial charge in [-0.2, -0.15) is 0 Å². The molecule has 0 aliphatic carbocycles. The Kier molecular flexibility index (Phi) is 18.9. The molecule has 0 heterocycles. The largest absolute Gasteiger partial charge is 0.235 e. The van der Waals surface area contributed by atoms with E-state index in [0.717, 1.165) is 12.8 Å². The lowest BCUT2D eigenvalue weighted by Gasteiger charge is -2.10. The summed E-state index contributed by atoms with van der Waals surface area (Å²) in [6.45, 7) is 4.52.